The molecule has 0 fully saturated rings. The van der Waals surface area contributed by atoms with Gasteiger partial charge in [-0.1, -0.05) is 20.3 Å². The van der Waals surface area contributed by atoms with Crippen molar-refractivity contribution in [3.8, 4) is 5.88 Å². The number of hydrogen-bond acceptors (Lipinski definition) is 3. The third-order valence-corrected chi connectivity index (χ3v) is 2.38. The van der Waals surface area contributed by atoms with Gasteiger partial charge in [0.15, 0.2) is 0 Å². The minimum Gasteiger partial charge on any atom is -0.481 e. The van der Waals surface area contributed by atoms with Gasteiger partial charge >= 0.3 is 0 Å². The maximum absolute atomic E-state index is 11.7. The third-order valence-electron chi connectivity index (χ3n) is 2.38. The van der Waals surface area contributed by atoms with Crippen molar-refractivity contribution in [2.45, 2.75) is 26.7 Å². The predicted octanol–water partition coefficient (Wildman–Crippen LogP) is 2.46. The zero-order chi connectivity index (χ0) is 12.0. The maximum atomic E-state index is 11.7. The number of carbonyl (C=O) groups excluding carboxylic acids is 1. The van der Waals surface area contributed by atoms with E-state index < -0.39 is 0 Å². The highest BCUT2D eigenvalue weighted by atomic mass is 16.5. The summed E-state index contributed by atoms with van der Waals surface area (Å²) >= 11 is 0. The van der Waals surface area contributed by atoms with Gasteiger partial charge in [-0.05, 0) is 12.5 Å². The fourth-order valence-electron chi connectivity index (χ4n) is 1.40. The predicted molar refractivity (Wildman–Crippen MR) is 63.5 cm³/mol. The van der Waals surface area contributed by atoms with Crippen LogP contribution in [0.4, 0.5) is 5.69 Å². The molecule has 0 saturated heterocycles. The summed E-state index contributed by atoms with van der Waals surface area (Å²) in [5, 5.41) is 2.82. The van der Waals surface area contributed by atoms with Crippen LogP contribution in [-0.4, -0.2) is 18.0 Å². The van der Waals surface area contributed by atoms with Crippen LogP contribution in [0.15, 0.2) is 18.3 Å². The first-order valence-corrected chi connectivity index (χ1v) is 5.48. The topological polar surface area (TPSA) is 51.2 Å². The van der Waals surface area contributed by atoms with E-state index in [0.29, 0.717) is 11.6 Å². The van der Waals surface area contributed by atoms with Crippen LogP contribution in [0, 0.1) is 5.92 Å². The van der Waals surface area contributed by atoms with Gasteiger partial charge in [0.2, 0.25) is 11.8 Å². The van der Waals surface area contributed by atoms with Crippen molar-refractivity contribution in [1.29, 1.82) is 0 Å². The molecule has 1 heterocycles. The average Bonchev–Trinajstić information content (AvgIpc) is 2.30. The smallest absolute Gasteiger partial charge is 0.227 e. The van der Waals surface area contributed by atoms with E-state index in [-0.39, 0.29) is 11.8 Å². The highest BCUT2D eigenvalue weighted by Crippen LogP contribution is 2.13. The van der Waals surface area contributed by atoms with Crippen LogP contribution in [0.3, 0.4) is 0 Å². The Morgan fingerprint density at radius 2 is 2.31 bits per heavy atom. The molecular formula is C12H18N2O2. The molecular weight excluding hydrogens is 204 g/mol. The van der Waals surface area contributed by atoms with E-state index in [4.69, 9.17) is 4.74 Å². The molecule has 0 unspecified atom stereocenters. The molecule has 4 heteroatoms. The Kier molecular flexibility index (Phi) is 4.76. The summed E-state index contributed by atoms with van der Waals surface area (Å²) in [6, 6.07) is 3.50. The summed E-state index contributed by atoms with van der Waals surface area (Å²) in [5.74, 6) is 0.612. The Bertz CT molecular complexity index is 335. The van der Waals surface area contributed by atoms with Crippen LogP contribution in [0.2, 0.25) is 0 Å². The summed E-state index contributed by atoms with van der Waals surface area (Å²) < 4.78 is 4.94. The Labute approximate surface area is 96.0 Å². The summed E-state index contributed by atoms with van der Waals surface area (Å²) in [6.45, 7) is 3.99. The summed E-state index contributed by atoms with van der Waals surface area (Å²) in [5.41, 5.74) is 0.703. The van der Waals surface area contributed by atoms with Gasteiger partial charge in [-0.3, -0.25) is 4.79 Å². The lowest BCUT2D eigenvalue weighted by atomic mass is 10.1. The molecule has 1 rings (SSSR count). The van der Waals surface area contributed by atoms with E-state index in [0.717, 1.165) is 12.8 Å². The largest absolute Gasteiger partial charge is 0.481 e. The number of nitrogens with one attached hydrogen (secondary N) is 1. The minimum atomic E-state index is 0.0344. The molecule has 4 nitrogen and oxygen atoms in total. The van der Waals surface area contributed by atoms with Crippen LogP contribution in [0.1, 0.15) is 26.7 Å². The molecule has 1 aromatic heterocycles. The van der Waals surface area contributed by atoms with Gasteiger partial charge in [-0.25, -0.2) is 4.98 Å². The first-order chi connectivity index (χ1) is 7.67. The van der Waals surface area contributed by atoms with E-state index in [9.17, 15) is 4.79 Å². The van der Waals surface area contributed by atoms with Crippen LogP contribution < -0.4 is 10.1 Å². The molecule has 0 aromatic carbocycles. The van der Waals surface area contributed by atoms with Crippen molar-refractivity contribution >= 4 is 11.6 Å². The van der Waals surface area contributed by atoms with Crippen molar-refractivity contribution in [1.82, 2.24) is 4.98 Å². The van der Waals surface area contributed by atoms with Gasteiger partial charge < -0.3 is 10.1 Å². The molecule has 0 radical (unpaired) electrons. The van der Waals surface area contributed by atoms with E-state index in [1.54, 1.807) is 25.4 Å². The van der Waals surface area contributed by atoms with Crippen molar-refractivity contribution in [2.75, 3.05) is 12.4 Å². The molecule has 1 amide bonds. The number of nitrogens with zero attached hydrogens (tertiary/aromatic N) is 1. The second-order valence-corrected chi connectivity index (χ2v) is 3.77. The summed E-state index contributed by atoms with van der Waals surface area (Å²) in [7, 11) is 1.56. The summed E-state index contributed by atoms with van der Waals surface area (Å²) in [6.07, 6.45) is 3.50. The SMILES string of the molecule is CCC[C@H](C)C(=O)Nc1ccc(OC)nc1. The molecule has 0 aliphatic rings. The lowest BCUT2D eigenvalue weighted by Crippen LogP contribution is -2.20. The molecule has 16 heavy (non-hydrogen) atoms. The number of rotatable bonds is 5. The normalized spacial score (nSPS) is 11.9. The minimum absolute atomic E-state index is 0.0344. The fraction of sp³-hybridized carbons (Fsp3) is 0.500. The van der Waals surface area contributed by atoms with Gasteiger partial charge in [0.05, 0.1) is 19.0 Å². The van der Waals surface area contributed by atoms with Crippen molar-refractivity contribution in [3.05, 3.63) is 18.3 Å². The van der Waals surface area contributed by atoms with Crippen molar-refractivity contribution < 1.29 is 9.53 Å². The zero-order valence-corrected chi connectivity index (χ0v) is 9.99. The van der Waals surface area contributed by atoms with Gasteiger partial charge in [0, 0.05) is 12.0 Å². The molecule has 1 aromatic rings. The maximum Gasteiger partial charge on any atom is 0.227 e. The number of anilines is 1. The molecule has 0 aliphatic carbocycles. The number of pyridine rings is 1. The Balaban J connectivity index is 2.55. The Morgan fingerprint density at radius 3 is 2.81 bits per heavy atom. The monoisotopic (exact) mass is 222 g/mol. The van der Waals surface area contributed by atoms with Gasteiger partial charge in [-0.2, -0.15) is 0 Å². The first-order valence-electron chi connectivity index (χ1n) is 5.48. The zero-order valence-electron chi connectivity index (χ0n) is 9.99. The molecule has 0 bridgehead atoms. The van der Waals surface area contributed by atoms with E-state index in [2.05, 4.69) is 17.2 Å². The standard InChI is InChI=1S/C12H18N2O2/c1-4-5-9(2)12(15)14-10-6-7-11(16-3)13-8-10/h6-9H,4-5H2,1-3H3,(H,14,15)/t9-/m0/s1. The lowest BCUT2D eigenvalue weighted by Gasteiger charge is -2.10. The van der Waals surface area contributed by atoms with Crippen LogP contribution >= 0.6 is 0 Å². The first kappa shape index (κ1) is 12.5. The molecule has 88 valence electrons. The van der Waals surface area contributed by atoms with E-state index >= 15 is 0 Å². The number of ether oxygens (including phenoxy) is 1. The molecule has 1 atom stereocenters. The van der Waals surface area contributed by atoms with E-state index in [1.807, 2.05) is 6.92 Å². The fourth-order valence-corrected chi connectivity index (χ4v) is 1.40. The molecule has 0 spiro atoms. The Hall–Kier alpha value is -1.58. The average molecular weight is 222 g/mol. The highest BCUT2D eigenvalue weighted by molar-refractivity contribution is 5.92. The number of carbonyl (C=O) groups is 1. The van der Waals surface area contributed by atoms with Gasteiger partial charge in [0.25, 0.3) is 0 Å². The second-order valence-electron chi connectivity index (χ2n) is 3.77. The van der Waals surface area contributed by atoms with Crippen LogP contribution in [-0.2, 0) is 4.79 Å². The highest BCUT2D eigenvalue weighted by Gasteiger charge is 2.11. The molecule has 0 saturated carbocycles. The third kappa shape index (κ3) is 3.53. The quantitative estimate of drug-likeness (QED) is 0.832. The number of hydrogen-bond donors (Lipinski definition) is 1. The summed E-state index contributed by atoms with van der Waals surface area (Å²) in [4.78, 5) is 15.7. The number of amides is 1. The van der Waals surface area contributed by atoms with Crippen LogP contribution in [0.5, 0.6) is 5.88 Å². The number of methoxy groups -OCH3 is 1. The second kappa shape index (κ2) is 6.10. The van der Waals surface area contributed by atoms with Crippen LogP contribution in [0.25, 0.3) is 0 Å². The Morgan fingerprint density at radius 1 is 1.56 bits per heavy atom. The van der Waals surface area contributed by atoms with Gasteiger partial charge in [0.1, 0.15) is 0 Å². The van der Waals surface area contributed by atoms with E-state index in [1.165, 1.54) is 0 Å². The molecule has 0 aliphatic heterocycles. The molecule has 1 N–H and O–H groups in total. The van der Waals surface area contributed by atoms with Crippen molar-refractivity contribution in [3.63, 3.8) is 0 Å². The van der Waals surface area contributed by atoms with Gasteiger partial charge in [-0.15, -0.1) is 0 Å². The lowest BCUT2D eigenvalue weighted by molar-refractivity contribution is -0.119. The number of aromatic nitrogens is 1. The van der Waals surface area contributed by atoms with Crippen molar-refractivity contribution in [2.24, 2.45) is 5.92 Å².